The molecule has 4 heterocycles. The van der Waals surface area contributed by atoms with Crippen LogP contribution in [0, 0.1) is 0 Å². The van der Waals surface area contributed by atoms with E-state index in [9.17, 15) is 4.79 Å². The highest BCUT2D eigenvalue weighted by atomic mass is 32.1. The van der Waals surface area contributed by atoms with Crippen molar-refractivity contribution >= 4 is 33.1 Å². The third-order valence-electron chi connectivity index (χ3n) is 6.28. The third-order valence-corrected chi connectivity index (χ3v) is 7.16. The SMILES string of the molecule is COc1cc(OCc2cccc(CC(=O)c3ccc(OC)nc3)c2)c2cc(-c3cn4nc(OC)sc4n3)oc2c1. The summed E-state index contributed by atoms with van der Waals surface area (Å²) in [6.07, 6.45) is 3.57. The van der Waals surface area contributed by atoms with Crippen molar-refractivity contribution in [2.24, 2.45) is 0 Å². The lowest BCUT2D eigenvalue weighted by Gasteiger charge is -2.10. The fraction of sp³-hybridized carbons (Fsp3) is 0.172. The van der Waals surface area contributed by atoms with Crippen molar-refractivity contribution < 1.29 is 28.2 Å². The van der Waals surface area contributed by atoms with Gasteiger partial charge in [0.1, 0.15) is 29.4 Å². The van der Waals surface area contributed by atoms with Gasteiger partial charge < -0.3 is 23.4 Å². The number of hydrogen-bond donors (Lipinski definition) is 0. The van der Waals surface area contributed by atoms with Crippen LogP contribution in [0.1, 0.15) is 21.5 Å². The average molecular weight is 557 g/mol. The molecule has 40 heavy (non-hydrogen) atoms. The Morgan fingerprint density at radius 2 is 1.88 bits per heavy atom. The third kappa shape index (κ3) is 5.06. The molecule has 0 bridgehead atoms. The summed E-state index contributed by atoms with van der Waals surface area (Å²) in [5, 5.41) is 5.64. The van der Waals surface area contributed by atoms with Crippen LogP contribution < -0.4 is 18.9 Å². The Bertz CT molecular complexity index is 1790. The predicted octanol–water partition coefficient (Wildman–Crippen LogP) is 5.63. The molecule has 0 N–H and O–H groups in total. The number of methoxy groups -OCH3 is 3. The maximum atomic E-state index is 12.8. The van der Waals surface area contributed by atoms with E-state index in [2.05, 4.69) is 15.1 Å². The molecule has 4 aromatic heterocycles. The minimum atomic E-state index is -0.0264. The first-order chi connectivity index (χ1) is 19.5. The molecule has 0 aliphatic heterocycles. The molecule has 2 aromatic carbocycles. The standard InChI is InChI=1S/C29H24N4O6S/c1-35-20-11-24(21-13-26(39-25(21)12-20)22-15-33-28(31-22)40-29(32-33)37-3)38-16-18-6-4-5-17(9-18)10-23(34)19-7-8-27(36-2)30-14-19/h4-9,11-15H,10,16H2,1-3H3. The van der Waals surface area contributed by atoms with Crippen LogP contribution >= 0.6 is 11.3 Å². The van der Waals surface area contributed by atoms with Gasteiger partial charge in [0, 0.05) is 36.4 Å². The second-order valence-corrected chi connectivity index (χ2v) is 9.79. The zero-order valence-electron chi connectivity index (χ0n) is 21.9. The van der Waals surface area contributed by atoms with E-state index in [4.69, 9.17) is 23.4 Å². The van der Waals surface area contributed by atoms with Gasteiger partial charge in [0.15, 0.2) is 11.5 Å². The van der Waals surface area contributed by atoms with Gasteiger partial charge in [-0.05, 0) is 34.6 Å². The first-order valence-electron chi connectivity index (χ1n) is 12.3. The highest BCUT2D eigenvalue weighted by Crippen LogP contribution is 2.37. The van der Waals surface area contributed by atoms with Crippen LogP contribution in [0.4, 0.5) is 0 Å². The Morgan fingerprint density at radius 3 is 2.62 bits per heavy atom. The molecular formula is C29H24N4O6S. The van der Waals surface area contributed by atoms with Gasteiger partial charge in [0.2, 0.25) is 10.8 Å². The smallest absolute Gasteiger partial charge is 0.294 e. The number of benzene rings is 2. The summed E-state index contributed by atoms with van der Waals surface area (Å²) < 4.78 is 29.7. The van der Waals surface area contributed by atoms with E-state index in [1.165, 1.54) is 24.6 Å². The molecule has 10 nitrogen and oxygen atoms in total. The molecule has 0 aliphatic carbocycles. The van der Waals surface area contributed by atoms with Crippen LogP contribution in [0.25, 0.3) is 27.4 Å². The van der Waals surface area contributed by atoms with Crippen molar-refractivity contribution in [3.63, 3.8) is 0 Å². The summed E-state index contributed by atoms with van der Waals surface area (Å²) in [5.74, 6) is 2.23. The molecule has 6 aromatic rings. The molecule has 0 aliphatic rings. The van der Waals surface area contributed by atoms with E-state index in [0.717, 1.165) is 16.5 Å². The van der Waals surface area contributed by atoms with Gasteiger partial charge >= 0.3 is 0 Å². The van der Waals surface area contributed by atoms with Crippen LogP contribution in [0.15, 0.2) is 71.4 Å². The Labute approximate surface area is 232 Å². The van der Waals surface area contributed by atoms with Gasteiger partial charge in [0.05, 0.1) is 32.9 Å². The van der Waals surface area contributed by atoms with Crippen LogP contribution in [-0.2, 0) is 13.0 Å². The Hall–Kier alpha value is -4.90. The molecule has 0 saturated carbocycles. The van der Waals surface area contributed by atoms with Gasteiger partial charge in [-0.25, -0.2) is 14.5 Å². The van der Waals surface area contributed by atoms with Crippen molar-refractivity contribution in [2.75, 3.05) is 21.3 Å². The molecule has 6 rings (SSSR count). The number of ketones is 1. The number of furan rings is 1. The molecule has 0 atom stereocenters. The second kappa shape index (κ2) is 10.7. The summed E-state index contributed by atoms with van der Waals surface area (Å²) in [6, 6.07) is 16.7. The highest BCUT2D eigenvalue weighted by molar-refractivity contribution is 7.18. The first-order valence-corrected chi connectivity index (χ1v) is 13.1. The van der Waals surface area contributed by atoms with Gasteiger partial charge in [-0.1, -0.05) is 24.3 Å². The van der Waals surface area contributed by atoms with E-state index in [0.29, 0.717) is 56.7 Å². The highest BCUT2D eigenvalue weighted by Gasteiger charge is 2.17. The Balaban J connectivity index is 1.21. The fourth-order valence-corrected chi connectivity index (χ4v) is 4.97. The number of fused-ring (bicyclic) bond motifs is 2. The second-order valence-electron chi connectivity index (χ2n) is 8.87. The molecule has 0 unspecified atom stereocenters. The molecule has 11 heteroatoms. The molecule has 202 valence electrons. The lowest BCUT2D eigenvalue weighted by molar-refractivity contribution is 0.0992. The van der Waals surface area contributed by atoms with Crippen molar-refractivity contribution in [3.8, 4) is 34.0 Å². The molecule has 0 radical (unpaired) electrons. The summed E-state index contributed by atoms with van der Waals surface area (Å²) in [7, 11) is 4.70. The van der Waals surface area contributed by atoms with Gasteiger partial charge in [-0.2, -0.15) is 0 Å². The van der Waals surface area contributed by atoms with Crippen LogP contribution in [-0.4, -0.2) is 46.7 Å². The summed E-state index contributed by atoms with van der Waals surface area (Å²) in [5.41, 5.74) is 3.59. The lowest BCUT2D eigenvalue weighted by atomic mass is 10.0. The zero-order valence-corrected chi connectivity index (χ0v) is 22.7. The van der Waals surface area contributed by atoms with Gasteiger partial charge in [-0.3, -0.25) is 4.79 Å². The maximum Gasteiger partial charge on any atom is 0.294 e. The van der Waals surface area contributed by atoms with Gasteiger partial charge in [0.25, 0.3) is 5.19 Å². The average Bonchev–Trinajstić information content (AvgIpc) is 3.69. The molecule has 0 amide bonds. The lowest BCUT2D eigenvalue weighted by Crippen LogP contribution is -2.05. The van der Waals surface area contributed by atoms with E-state index in [1.54, 1.807) is 37.1 Å². The number of rotatable bonds is 10. The molecule has 0 fully saturated rings. The number of ether oxygens (including phenoxy) is 4. The number of carbonyl (C=O) groups excluding carboxylic acids is 1. The fourth-order valence-electron chi connectivity index (χ4n) is 4.27. The minimum absolute atomic E-state index is 0.0264. The molecule has 0 saturated heterocycles. The number of aromatic nitrogens is 4. The summed E-state index contributed by atoms with van der Waals surface area (Å²) >= 11 is 1.34. The number of hydrogen-bond acceptors (Lipinski definition) is 10. The number of Topliss-reactive ketones (excluding diaryl/α,β-unsaturated/α-hetero) is 1. The van der Waals surface area contributed by atoms with E-state index >= 15 is 0 Å². The van der Waals surface area contributed by atoms with Crippen LogP contribution in [0.2, 0.25) is 0 Å². The van der Waals surface area contributed by atoms with E-state index < -0.39 is 0 Å². The topological polar surface area (TPSA) is 110 Å². The van der Waals surface area contributed by atoms with E-state index in [1.807, 2.05) is 42.5 Å². The van der Waals surface area contributed by atoms with Crippen LogP contribution in [0.3, 0.4) is 0 Å². The molecular weight excluding hydrogens is 532 g/mol. The van der Waals surface area contributed by atoms with E-state index in [-0.39, 0.29) is 12.2 Å². The van der Waals surface area contributed by atoms with Crippen molar-refractivity contribution in [3.05, 3.63) is 83.7 Å². The molecule has 0 spiro atoms. The first kappa shape index (κ1) is 25.4. The Morgan fingerprint density at radius 1 is 1.00 bits per heavy atom. The summed E-state index contributed by atoms with van der Waals surface area (Å²) in [6.45, 7) is 0.291. The zero-order chi connectivity index (χ0) is 27.6. The largest absolute Gasteiger partial charge is 0.496 e. The summed E-state index contributed by atoms with van der Waals surface area (Å²) in [4.78, 5) is 22.2. The van der Waals surface area contributed by atoms with Gasteiger partial charge in [-0.15, -0.1) is 5.10 Å². The van der Waals surface area contributed by atoms with Crippen molar-refractivity contribution in [1.82, 2.24) is 19.6 Å². The number of carbonyl (C=O) groups is 1. The Kier molecular flexibility index (Phi) is 6.79. The minimum Gasteiger partial charge on any atom is -0.496 e. The normalized spacial score (nSPS) is 11.2. The predicted molar refractivity (Wildman–Crippen MR) is 149 cm³/mol. The number of pyridine rings is 1. The van der Waals surface area contributed by atoms with Crippen molar-refractivity contribution in [1.29, 1.82) is 0 Å². The number of nitrogens with zero attached hydrogens (tertiary/aromatic N) is 4. The number of imidazole rings is 1. The monoisotopic (exact) mass is 556 g/mol. The quantitative estimate of drug-likeness (QED) is 0.198. The van der Waals surface area contributed by atoms with Crippen molar-refractivity contribution in [2.45, 2.75) is 13.0 Å². The maximum absolute atomic E-state index is 12.8. The van der Waals surface area contributed by atoms with Crippen LogP contribution in [0.5, 0.6) is 22.6 Å².